The predicted octanol–water partition coefficient (Wildman–Crippen LogP) is 4.59. The Morgan fingerprint density at radius 3 is 2.72 bits per heavy atom. The van der Waals surface area contributed by atoms with Crippen LogP contribution >= 0.6 is 11.6 Å². The molecule has 0 aliphatic carbocycles. The molecule has 148 valence electrons. The van der Waals surface area contributed by atoms with E-state index in [-0.39, 0.29) is 17.6 Å². The third kappa shape index (κ3) is 3.86. The average molecular weight is 409 g/mol. The fourth-order valence-corrected chi connectivity index (χ4v) is 3.47. The van der Waals surface area contributed by atoms with E-state index in [2.05, 4.69) is 39.2 Å². The molecule has 1 unspecified atom stereocenters. The van der Waals surface area contributed by atoms with Crippen molar-refractivity contribution in [3.05, 3.63) is 69.7 Å². The zero-order chi connectivity index (χ0) is 20.5. The summed E-state index contributed by atoms with van der Waals surface area (Å²) in [7, 11) is 0. The first-order valence-electron chi connectivity index (χ1n) is 9.38. The van der Waals surface area contributed by atoms with Gasteiger partial charge in [-0.15, -0.1) is 0 Å². The fraction of sp³-hybridized carbons (Fsp3) is 0.238. The van der Waals surface area contributed by atoms with E-state index < -0.39 is 0 Å². The van der Waals surface area contributed by atoms with E-state index in [9.17, 15) is 4.79 Å². The van der Waals surface area contributed by atoms with Gasteiger partial charge in [0.05, 0.1) is 17.4 Å². The number of anilines is 1. The number of aromatic amines is 1. The number of aromatic nitrogens is 5. The summed E-state index contributed by atoms with van der Waals surface area (Å²) in [4.78, 5) is 24.4. The van der Waals surface area contributed by atoms with Crippen molar-refractivity contribution < 1.29 is 0 Å². The Hall–Kier alpha value is -3.19. The molecule has 0 saturated carbocycles. The molecule has 0 amide bonds. The molecule has 0 aliphatic rings. The molecule has 3 heterocycles. The monoisotopic (exact) mass is 408 g/mol. The van der Waals surface area contributed by atoms with Gasteiger partial charge in [0.15, 0.2) is 0 Å². The maximum absolute atomic E-state index is 12.5. The maximum atomic E-state index is 12.5. The highest BCUT2D eigenvalue weighted by Crippen LogP contribution is 2.23. The van der Waals surface area contributed by atoms with Crippen LogP contribution in [0.4, 0.5) is 5.95 Å². The summed E-state index contributed by atoms with van der Waals surface area (Å²) in [6.07, 6.45) is 3.45. The number of rotatable bonds is 5. The number of pyridine rings is 1. The van der Waals surface area contributed by atoms with Gasteiger partial charge >= 0.3 is 0 Å². The van der Waals surface area contributed by atoms with E-state index in [0.29, 0.717) is 16.5 Å². The first-order valence-corrected chi connectivity index (χ1v) is 9.76. The summed E-state index contributed by atoms with van der Waals surface area (Å²) in [6, 6.07) is 10.9. The standard InChI is InChI=1S/C21H21ClN6O/c1-12(2)28-19(7-9-24-28)18-6-8-23-21(27-18)25-13(3)16-11-14-10-15(22)4-5-17(14)26-20(16)29/h4-13H,1-3H3,(H,26,29)(H,23,25,27). The number of nitrogens with zero attached hydrogens (tertiary/aromatic N) is 4. The number of nitrogens with one attached hydrogen (secondary N) is 2. The number of H-pyrrole nitrogens is 1. The zero-order valence-electron chi connectivity index (χ0n) is 16.3. The van der Waals surface area contributed by atoms with Gasteiger partial charge in [-0.2, -0.15) is 5.10 Å². The first-order chi connectivity index (χ1) is 13.9. The van der Waals surface area contributed by atoms with Crippen LogP contribution in [0.5, 0.6) is 0 Å². The van der Waals surface area contributed by atoms with Crippen molar-refractivity contribution in [2.75, 3.05) is 5.32 Å². The lowest BCUT2D eigenvalue weighted by atomic mass is 10.1. The van der Waals surface area contributed by atoms with Crippen LogP contribution in [0.25, 0.3) is 22.3 Å². The van der Waals surface area contributed by atoms with Gasteiger partial charge in [-0.3, -0.25) is 9.48 Å². The van der Waals surface area contributed by atoms with Gasteiger partial charge in [0.2, 0.25) is 5.95 Å². The highest BCUT2D eigenvalue weighted by atomic mass is 35.5. The second kappa shape index (κ2) is 7.67. The Morgan fingerprint density at radius 2 is 1.93 bits per heavy atom. The van der Waals surface area contributed by atoms with Crippen LogP contribution in [0.1, 0.15) is 38.4 Å². The minimum absolute atomic E-state index is 0.158. The predicted molar refractivity (Wildman–Crippen MR) is 115 cm³/mol. The number of fused-ring (bicyclic) bond motifs is 1. The maximum Gasteiger partial charge on any atom is 0.253 e. The molecular weight excluding hydrogens is 388 g/mol. The van der Waals surface area contributed by atoms with Crippen molar-refractivity contribution in [2.24, 2.45) is 0 Å². The highest BCUT2D eigenvalue weighted by Gasteiger charge is 2.15. The molecule has 4 aromatic rings. The molecule has 2 N–H and O–H groups in total. The Balaban J connectivity index is 1.64. The third-order valence-corrected chi connectivity index (χ3v) is 4.96. The van der Waals surface area contributed by atoms with Crippen LogP contribution in [0.3, 0.4) is 0 Å². The molecular formula is C21H21ClN6O. The van der Waals surface area contributed by atoms with Crippen LogP contribution in [-0.2, 0) is 0 Å². The zero-order valence-corrected chi connectivity index (χ0v) is 17.1. The average Bonchev–Trinajstić information content (AvgIpc) is 3.18. The molecule has 0 saturated heterocycles. The van der Waals surface area contributed by atoms with Crippen molar-refractivity contribution in [3.63, 3.8) is 0 Å². The summed E-state index contributed by atoms with van der Waals surface area (Å²) in [5.41, 5.74) is 2.85. The number of benzene rings is 1. The van der Waals surface area contributed by atoms with Gasteiger partial charge in [-0.1, -0.05) is 11.6 Å². The van der Waals surface area contributed by atoms with E-state index in [1.807, 2.05) is 35.9 Å². The molecule has 1 atom stereocenters. The lowest BCUT2D eigenvalue weighted by Gasteiger charge is -2.15. The van der Waals surface area contributed by atoms with Gasteiger partial charge in [0.1, 0.15) is 0 Å². The second-order valence-corrected chi connectivity index (χ2v) is 7.61. The van der Waals surface area contributed by atoms with E-state index >= 15 is 0 Å². The fourth-order valence-electron chi connectivity index (χ4n) is 3.29. The topological polar surface area (TPSA) is 88.5 Å². The van der Waals surface area contributed by atoms with Crippen LogP contribution in [0, 0.1) is 0 Å². The lowest BCUT2D eigenvalue weighted by molar-refractivity contribution is 0.537. The summed E-state index contributed by atoms with van der Waals surface area (Å²) in [5.74, 6) is 0.442. The van der Waals surface area contributed by atoms with E-state index in [4.69, 9.17) is 11.6 Å². The minimum atomic E-state index is -0.299. The molecule has 0 radical (unpaired) electrons. The largest absolute Gasteiger partial charge is 0.347 e. The molecule has 1 aromatic carbocycles. The van der Waals surface area contributed by atoms with Crippen molar-refractivity contribution in [3.8, 4) is 11.4 Å². The van der Waals surface area contributed by atoms with Crippen LogP contribution in [-0.4, -0.2) is 24.7 Å². The molecule has 29 heavy (non-hydrogen) atoms. The second-order valence-electron chi connectivity index (χ2n) is 7.17. The smallest absolute Gasteiger partial charge is 0.253 e. The minimum Gasteiger partial charge on any atom is -0.347 e. The Kier molecular flexibility index (Phi) is 5.07. The Labute approximate surface area is 172 Å². The summed E-state index contributed by atoms with van der Waals surface area (Å²) >= 11 is 6.09. The molecule has 0 aliphatic heterocycles. The molecule has 7 nitrogen and oxygen atoms in total. The molecule has 0 spiro atoms. The molecule has 8 heteroatoms. The molecule has 0 fully saturated rings. The van der Waals surface area contributed by atoms with Crippen molar-refractivity contribution in [1.82, 2.24) is 24.7 Å². The number of halogens is 1. The number of hydrogen-bond acceptors (Lipinski definition) is 5. The Morgan fingerprint density at radius 1 is 1.10 bits per heavy atom. The van der Waals surface area contributed by atoms with Crippen molar-refractivity contribution in [1.29, 1.82) is 0 Å². The number of hydrogen-bond donors (Lipinski definition) is 2. The van der Waals surface area contributed by atoms with Gasteiger partial charge in [-0.25, -0.2) is 9.97 Å². The normalized spacial score (nSPS) is 12.4. The van der Waals surface area contributed by atoms with E-state index in [1.54, 1.807) is 24.5 Å². The van der Waals surface area contributed by atoms with Gasteiger partial charge < -0.3 is 10.3 Å². The molecule has 3 aromatic heterocycles. The quantitative estimate of drug-likeness (QED) is 0.504. The molecule has 4 rings (SSSR count). The Bertz CT molecular complexity index is 1230. The van der Waals surface area contributed by atoms with Crippen LogP contribution < -0.4 is 10.9 Å². The summed E-state index contributed by atoms with van der Waals surface area (Å²) in [5, 5.41) is 9.07. The summed E-state index contributed by atoms with van der Waals surface area (Å²) < 4.78 is 1.91. The van der Waals surface area contributed by atoms with Crippen molar-refractivity contribution in [2.45, 2.75) is 32.9 Å². The van der Waals surface area contributed by atoms with Gasteiger partial charge in [0.25, 0.3) is 5.56 Å². The van der Waals surface area contributed by atoms with E-state index in [1.165, 1.54) is 0 Å². The molecule has 0 bridgehead atoms. The highest BCUT2D eigenvalue weighted by molar-refractivity contribution is 6.31. The lowest BCUT2D eigenvalue weighted by Crippen LogP contribution is -2.20. The SMILES string of the molecule is CC(Nc1nccc(-c2ccnn2C(C)C)n1)c1cc2cc(Cl)ccc2[nH]c1=O. The van der Waals surface area contributed by atoms with E-state index in [0.717, 1.165) is 22.3 Å². The first kappa shape index (κ1) is 19.1. The van der Waals surface area contributed by atoms with Crippen LogP contribution in [0.15, 0.2) is 53.6 Å². The third-order valence-electron chi connectivity index (χ3n) is 4.72. The van der Waals surface area contributed by atoms with Gasteiger partial charge in [-0.05, 0) is 57.2 Å². The summed E-state index contributed by atoms with van der Waals surface area (Å²) in [6.45, 7) is 6.03. The van der Waals surface area contributed by atoms with Crippen molar-refractivity contribution >= 4 is 28.5 Å². The van der Waals surface area contributed by atoms with Crippen LogP contribution in [0.2, 0.25) is 5.02 Å². The van der Waals surface area contributed by atoms with Gasteiger partial charge in [0, 0.05) is 39.9 Å².